The number of hydrogen-bond donors (Lipinski definition) is 1. The highest BCUT2D eigenvalue weighted by Gasteiger charge is 2.21. The molecular formula is C19H19ClN4O. The lowest BCUT2D eigenvalue weighted by atomic mass is 10.2. The number of rotatable bonds is 2. The lowest BCUT2D eigenvalue weighted by Crippen LogP contribution is -2.50. The van der Waals surface area contributed by atoms with Crippen molar-refractivity contribution in [3.8, 4) is 6.07 Å². The molecule has 1 aliphatic rings. The molecule has 0 spiro atoms. The Morgan fingerprint density at radius 3 is 2.60 bits per heavy atom. The number of nitrogens with zero attached hydrogens (tertiary/aromatic N) is 3. The summed E-state index contributed by atoms with van der Waals surface area (Å²) in [5, 5.41) is 12.6. The maximum absolute atomic E-state index is 12.5. The summed E-state index contributed by atoms with van der Waals surface area (Å²) in [7, 11) is 0. The van der Waals surface area contributed by atoms with Crippen molar-refractivity contribution in [3.63, 3.8) is 0 Å². The monoisotopic (exact) mass is 354 g/mol. The van der Waals surface area contributed by atoms with E-state index in [1.165, 1.54) is 0 Å². The number of anilines is 2. The number of nitriles is 1. The number of carbonyl (C=O) groups is 1. The zero-order valence-corrected chi connectivity index (χ0v) is 14.8. The summed E-state index contributed by atoms with van der Waals surface area (Å²) in [5.41, 5.74) is 3.38. The van der Waals surface area contributed by atoms with Crippen molar-refractivity contribution in [1.29, 1.82) is 5.26 Å². The molecule has 6 heteroatoms. The molecule has 0 aliphatic carbocycles. The molecule has 0 unspecified atom stereocenters. The van der Waals surface area contributed by atoms with Gasteiger partial charge in [0.25, 0.3) is 0 Å². The van der Waals surface area contributed by atoms with Crippen LogP contribution >= 0.6 is 11.6 Å². The van der Waals surface area contributed by atoms with Crippen molar-refractivity contribution in [2.75, 3.05) is 36.4 Å². The van der Waals surface area contributed by atoms with Gasteiger partial charge in [0.2, 0.25) is 0 Å². The molecule has 2 aromatic carbocycles. The van der Waals surface area contributed by atoms with Crippen molar-refractivity contribution in [2.45, 2.75) is 6.92 Å². The summed E-state index contributed by atoms with van der Waals surface area (Å²) in [6.07, 6.45) is 0. The normalized spacial score (nSPS) is 14.1. The molecule has 0 bridgehead atoms. The summed E-state index contributed by atoms with van der Waals surface area (Å²) in [4.78, 5) is 16.5. The molecule has 0 atom stereocenters. The highest BCUT2D eigenvalue weighted by atomic mass is 35.5. The van der Waals surface area contributed by atoms with Gasteiger partial charge in [-0.05, 0) is 48.9 Å². The van der Waals surface area contributed by atoms with Crippen LogP contribution in [0.5, 0.6) is 0 Å². The van der Waals surface area contributed by atoms with Crippen molar-refractivity contribution in [2.24, 2.45) is 0 Å². The van der Waals surface area contributed by atoms with Crippen LogP contribution in [0.3, 0.4) is 0 Å². The number of halogens is 1. The Hall–Kier alpha value is -2.71. The average molecular weight is 355 g/mol. The highest BCUT2D eigenvalue weighted by molar-refractivity contribution is 6.30. The number of aryl methyl sites for hydroxylation is 1. The van der Waals surface area contributed by atoms with E-state index < -0.39 is 0 Å². The number of carbonyl (C=O) groups excluding carboxylic acids is 1. The SMILES string of the molecule is Cc1cc(Cl)ccc1NC(=O)N1CCN(c2cccc(C#N)c2)CC1. The molecule has 2 aromatic rings. The Morgan fingerprint density at radius 2 is 1.92 bits per heavy atom. The largest absolute Gasteiger partial charge is 0.368 e. The third kappa shape index (κ3) is 4.04. The standard InChI is InChI=1S/C19H19ClN4O/c1-14-11-16(20)5-6-18(14)22-19(25)24-9-7-23(8-10-24)17-4-2-3-15(12-17)13-21/h2-6,11-12H,7-10H2,1H3,(H,22,25). The lowest BCUT2D eigenvalue weighted by Gasteiger charge is -2.36. The molecular weight excluding hydrogens is 336 g/mol. The van der Waals surface area contributed by atoms with Crippen LogP contribution in [0.15, 0.2) is 42.5 Å². The molecule has 1 heterocycles. The maximum atomic E-state index is 12.5. The van der Waals surface area contributed by atoms with Gasteiger partial charge in [0.05, 0.1) is 11.6 Å². The molecule has 1 saturated heterocycles. The van der Waals surface area contributed by atoms with Crippen LogP contribution in [-0.2, 0) is 0 Å². The van der Waals surface area contributed by atoms with Gasteiger partial charge in [-0.3, -0.25) is 0 Å². The van der Waals surface area contributed by atoms with Crippen LogP contribution in [0.25, 0.3) is 0 Å². The van der Waals surface area contributed by atoms with Crippen LogP contribution in [0.1, 0.15) is 11.1 Å². The molecule has 1 N–H and O–H groups in total. The highest BCUT2D eigenvalue weighted by Crippen LogP contribution is 2.21. The lowest BCUT2D eigenvalue weighted by molar-refractivity contribution is 0.208. The van der Waals surface area contributed by atoms with Gasteiger partial charge in [0.1, 0.15) is 0 Å². The van der Waals surface area contributed by atoms with Crippen molar-refractivity contribution < 1.29 is 4.79 Å². The average Bonchev–Trinajstić information content (AvgIpc) is 2.64. The molecule has 3 rings (SSSR count). The maximum Gasteiger partial charge on any atom is 0.321 e. The second kappa shape index (κ2) is 7.45. The number of hydrogen-bond acceptors (Lipinski definition) is 3. The molecule has 0 aromatic heterocycles. The van der Waals surface area contributed by atoms with Gasteiger partial charge in [-0.15, -0.1) is 0 Å². The first-order valence-corrected chi connectivity index (χ1v) is 8.52. The topological polar surface area (TPSA) is 59.4 Å². The van der Waals surface area contributed by atoms with E-state index in [0.29, 0.717) is 23.7 Å². The quantitative estimate of drug-likeness (QED) is 0.890. The van der Waals surface area contributed by atoms with E-state index in [2.05, 4.69) is 16.3 Å². The third-order valence-corrected chi connectivity index (χ3v) is 4.57. The van der Waals surface area contributed by atoms with E-state index in [-0.39, 0.29) is 6.03 Å². The van der Waals surface area contributed by atoms with Crippen LogP contribution in [0, 0.1) is 18.3 Å². The number of nitrogens with one attached hydrogen (secondary N) is 1. The summed E-state index contributed by atoms with van der Waals surface area (Å²) >= 11 is 5.95. The van der Waals surface area contributed by atoms with E-state index in [1.807, 2.05) is 37.3 Å². The zero-order chi connectivity index (χ0) is 17.8. The van der Waals surface area contributed by atoms with Gasteiger partial charge in [-0.25, -0.2) is 4.79 Å². The second-order valence-electron chi connectivity index (χ2n) is 6.03. The number of benzene rings is 2. The summed E-state index contributed by atoms with van der Waals surface area (Å²) in [6, 6.07) is 15.0. The van der Waals surface area contributed by atoms with Crippen LogP contribution in [0.2, 0.25) is 5.02 Å². The smallest absolute Gasteiger partial charge is 0.321 e. The molecule has 1 fully saturated rings. The number of piperazine rings is 1. The van der Waals surface area contributed by atoms with Crippen molar-refractivity contribution in [3.05, 3.63) is 58.6 Å². The van der Waals surface area contributed by atoms with Gasteiger partial charge < -0.3 is 15.1 Å². The predicted octanol–water partition coefficient (Wildman–Crippen LogP) is 3.87. The van der Waals surface area contributed by atoms with Crippen molar-refractivity contribution in [1.82, 2.24) is 4.90 Å². The minimum absolute atomic E-state index is 0.101. The fourth-order valence-corrected chi connectivity index (χ4v) is 3.13. The first kappa shape index (κ1) is 17.1. The summed E-state index contributed by atoms with van der Waals surface area (Å²) < 4.78 is 0. The Balaban J connectivity index is 1.60. The first-order valence-electron chi connectivity index (χ1n) is 8.14. The summed E-state index contributed by atoms with van der Waals surface area (Å²) in [5.74, 6) is 0. The molecule has 0 saturated carbocycles. The summed E-state index contributed by atoms with van der Waals surface area (Å²) in [6.45, 7) is 4.66. The molecule has 5 nitrogen and oxygen atoms in total. The first-order chi connectivity index (χ1) is 12.1. The minimum Gasteiger partial charge on any atom is -0.368 e. The Bertz CT molecular complexity index is 822. The van der Waals surface area contributed by atoms with Gasteiger partial charge >= 0.3 is 6.03 Å². The number of urea groups is 1. The van der Waals surface area contributed by atoms with E-state index in [0.717, 1.165) is 30.0 Å². The van der Waals surface area contributed by atoms with E-state index in [9.17, 15) is 4.79 Å². The van der Waals surface area contributed by atoms with Crippen LogP contribution < -0.4 is 10.2 Å². The van der Waals surface area contributed by atoms with Gasteiger partial charge in [0.15, 0.2) is 0 Å². The second-order valence-corrected chi connectivity index (χ2v) is 6.46. The van der Waals surface area contributed by atoms with Gasteiger partial charge in [-0.1, -0.05) is 17.7 Å². The molecule has 2 amide bonds. The van der Waals surface area contributed by atoms with Crippen molar-refractivity contribution >= 4 is 29.0 Å². The Labute approximate surface area is 152 Å². The predicted molar refractivity (Wildman–Crippen MR) is 100 cm³/mol. The van der Waals surface area contributed by atoms with Gasteiger partial charge in [-0.2, -0.15) is 5.26 Å². The molecule has 128 valence electrons. The van der Waals surface area contributed by atoms with E-state index >= 15 is 0 Å². The Morgan fingerprint density at radius 1 is 1.16 bits per heavy atom. The Kier molecular flexibility index (Phi) is 5.11. The number of amides is 2. The van der Waals surface area contributed by atoms with Crippen LogP contribution in [-0.4, -0.2) is 37.1 Å². The minimum atomic E-state index is -0.101. The molecule has 0 radical (unpaired) electrons. The third-order valence-electron chi connectivity index (χ3n) is 4.34. The van der Waals surface area contributed by atoms with E-state index in [4.69, 9.17) is 16.9 Å². The van der Waals surface area contributed by atoms with E-state index in [1.54, 1.807) is 17.0 Å². The fourth-order valence-electron chi connectivity index (χ4n) is 2.90. The van der Waals surface area contributed by atoms with Gasteiger partial charge in [0, 0.05) is 42.6 Å². The molecule has 25 heavy (non-hydrogen) atoms. The van der Waals surface area contributed by atoms with Crippen LogP contribution in [0.4, 0.5) is 16.2 Å². The molecule has 1 aliphatic heterocycles. The zero-order valence-electron chi connectivity index (χ0n) is 14.0. The fraction of sp³-hybridized carbons (Fsp3) is 0.263.